The predicted molar refractivity (Wildman–Crippen MR) is 97.0 cm³/mol. The van der Waals surface area contributed by atoms with E-state index in [0.717, 1.165) is 43.4 Å². The van der Waals surface area contributed by atoms with Gasteiger partial charge in [-0.1, -0.05) is 19.4 Å². The first-order valence-corrected chi connectivity index (χ1v) is 10.6. The van der Waals surface area contributed by atoms with Gasteiger partial charge in [0.05, 0.1) is 0 Å². The molecule has 3 heteroatoms. The predicted octanol–water partition coefficient (Wildman–Crippen LogP) is 4.08. The Morgan fingerprint density at radius 2 is 2.04 bits per heavy atom. The van der Waals surface area contributed by atoms with Crippen LogP contribution in [-0.2, 0) is 14.3 Å². The number of fused-ring (bicyclic) bond motifs is 9. The van der Waals surface area contributed by atoms with Crippen molar-refractivity contribution in [3.8, 4) is 0 Å². The molecule has 0 aromatic heterocycles. The zero-order chi connectivity index (χ0) is 17.8. The SMILES string of the molecule is C[C@@H]1CC2=CC(=O)CC[C@@H]2C2CC[C@@]3(C)C(C21)[C@H]1C[C@H]1[C@@]31C=CC(=O)O1. The lowest BCUT2D eigenvalue weighted by Crippen LogP contribution is -2.56. The third-order valence-corrected chi connectivity index (χ3v) is 9.38. The summed E-state index contributed by atoms with van der Waals surface area (Å²) in [6, 6.07) is 0. The van der Waals surface area contributed by atoms with Crippen LogP contribution in [-0.4, -0.2) is 17.4 Å². The summed E-state index contributed by atoms with van der Waals surface area (Å²) >= 11 is 0. The zero-order valence-electron chi connectivity index (χ0n) is 15.7. The lowest BCUT2D eigenvalue weighted by Gasteiger charge is -2.58. The molecular formula is C23H28O3. The number of allylic oxidation sites excluding steroid dienone is 1. The fourth-order valence-corrected chi connectivity index (χ4v) is 8.51. The molecule has 9 atom stereocenters. The Labute approximate surface area is 155 Å². The van der Waals surface area contributed by atoms with Crippen LogP contribution in [0.3, 0.4) is 0 Å². The summed E-state index contributed by atoms with van der Waals surface area (Å²) in [5, 5.41) is 0. The van der Waals surface area contributed by atoms with Crippen LogP contribution in [0.2, 0.25) is 0 Å². The van der Waals surface area contributed by atoms with E-state index >= 15 is 0 Å². The maximum absolute atomic E-state index is 12.0. The Bertz CT molecular complexity index is 778. The Morgan fingerprint density at radius 3 is 2.81 bits per heavy atom. The topological polar surface area (TPSA) is 43.4 Å². The summed E-state index contributed by atoms with van der Waals surface area (Å²) in [6.45, 7) is 4.84. The average molecular weight is 352 g/mol. The highest BCUT2D eigenvalue weighted by molar-refractivity contribution is 5.91. The van der Waals surface area contributed by atoms with Crippen molar-refractivity contribution in [2.75, 3.05) is 0 Å². The Morgan fingerprint density at radius 1 is 1.19 bits per heavy atom. The minimum Gasteiger partial charge on any atom is -0.451 e. The first-order chi connectivity index (χ1) is 12.4. The fraction of sp³-hybridized carbons (Fsp3) is 0.739. The summed E-state index contributed by atoms with van der Waals surface area (Å²) in [7, 11) is 0. The van der Waals surface area contributed by atoms with Crippen LogP contribution < -0.4 is 0 Å². The van der Waals surface area contributed by atoms with Gasteiger partial charge in [-0.25, -0.2) is 4.79 Å². The van der Waals surface area contributed by atoms with Gasteiger partial charge in [-0.15, -0.1) is 0 Å². The first-order valence-electron chi connectivity index (χ1n) is 10.6. The van der Waals surface area contributed by atoms with E-state index < -0.39 is 0 Å². The van der Waals surface area contributed by atoms with Crippen LogP contribution in [0.5, 0.6) is 0 Å². The second-order valence-corrected chi connectivity index (χ2v) is 10.3. The molecule has 1 heterocycles. The van der Waals surface area contributed by atoms with Crippen LogP contribution in [0, 0.1) is 46.8 Å². The normalized spacial score (nSPS) is 56.4. The lowest BCUT2D eigenvalue weighted by atomic mass is 9.47. The van der Waals surface area contributed by atoms with Gasteiger partial charge >= 0.3 is 5.97 Å². The summed E-state index contributed by atoms with van der Waals surface area (Å²) in [5.41, 5.74) is 1.23. The number of ether oxygens (including phenoxy) is 1. The van der Waals surface area contributed by atoms with Gasteiger partial charge in [-0.3, -0.25) is 4.79 Å². The minimum atomic E-state index is -0.317. The molecule has 0 aromatic rings. The van der Waals surface area contributed by atoms with Gasteiger partial charge in [0.2, 0.25) is 0 Å². The third kappa shape index (κ3) is 1.67. The van der Waals surface area contributed by atoms with Crippen molar-refractivity contribution in [2.24, 2.45) is 46.8 Å². The van der Waals surface area contributed by atoms with Gasteiger partial charge < -0.3 is 4.74 Å². The molecule has 0 saturated heterocycles. The van der Waals surface area contributed by atoms with Gasteiger partial charge in [-0.05, 0) is 79.8 Å². The van der Waals surface area contributed by atoms with Crippen LogP contribution in [0.15, 0.2) is 23.8 Å². The van der Waals surface area contributed by atoms with Crippen LogP contribution >= 0.6 is 0 Å². The fourth-order valence-electron chi connectivity index (χ4n) is 8.51. The maximum Gasteiger partial charge on any atom is 0.331 e. The van der Waals surface area contributed by atoms with E-state index in [1.807, 2.05) is 6.08 Å². The number of ketones is 1. The summed E-state index contributed by atoms with van der Waals surface area (Å²) in [6.07, 6.45) is 12.3. The maximum atomic E-state index is 12.0. The Hall–Kier alpha value is -1.38. The van der Waals surface area contributed by atoms with E-state index in [-0.39, 0.29) is 17.0 Å². The summed E-state index contributed by atoms with van der Waals surface area (Å²) < 4.78 is 6.07. The average Bonchev–Trinajstić information content (AvgIpc) is 3.24. The molecule has 4 fully saturated rings. The molecule has 4 saturated carbocycles. The summed E-state index contributed by atoms with van der Waals surface area (Å²) in [4.78, 5) is 23.9. The van der Waals surface area contributed by atoms with Gasteiger partial charge in [0.15, 0.2) is 5.78 Å². The quantitative estimate of drug-likeness (QED) is 0.617. The molecule has 6 rings (SSSR count). The van der Waals surface area contributed by atoms with Crippen molar-refractivity contribution >= 4 is 11.8 Å². The van der Waals surface area contributed by atoms with Gasteiger partial charge in [0, 0.05) is 23.8 Å². The lowest BCUT2D eigenvalue weighted by molar-refractivity contribution is -0.169. The molecule has 3 nitrogen and oxygen atoms in total. The second-order valence-electron chi connectivity index (χ2n) is 10.3. The number of hydrogen-bond donors (Lipinski definition) is 0. The molecule has 6 aliphatic rings. The molecule has 0 radical (unpaired) electrons. The van der Waals surface area contributed by atoms with Crippen molar-refractivity contribution in [3.63, 3.8) is 0 Å². The standard InChI is InChI=1S/C23H28O3/c1-12-9-13-10-14(24)3-4-15(13)16-5-7-22(2)21(20(12)16)17-11-18(17)23(22)8-6-19(25)26-23/h6,8,10,12,15-18,20-21H,3-5,7,9,11H2,1-2H3/t12-,15+,16?,17+,18-,20?,21?,22+,23+/m1/s1. The van der Waals surface area contributed by atoms with Crippen LogP contribution in [0.25, 0.3) is 0 Å². The van der Waals surface area contributed by atoms with Crippen molar-refractivity contribution < 1.29 is 14.3 Å². The Kier molecular flexibility index (Phi) is 2.84. The summed E-state index contributed by atoms with van der Waals surface area (Å²) in [5.74, 6) is 4.90. The van der Waals surface area contributed by atoms with E-state index in [1.165, 1.54) is 18.4 Å². The molecule has 0 aromatic carbocycles. The number of rotatable bonds is 0. The van der Waals surface area contributed by atoms with Gasteiger partial charge in [0.25, 0.3) is 0 Å². The monoisotopic (exact) mass is 352 g/mol. The van der Waals surface area contributed by atoms with Gasteiger partial charge in [0.1, 0.15) is 5.60 Å². The largest absolute Gasteiger partial charge is 0.451 e. The van der Waals surface area contributed by atoms with Gasteiger partial charge in [-0.2, -0.15) is 0 Å². The second kappa shape index (κ2) is 4.72. The highest BCUT2D eigenvalue weighted by Gasteiger charge is 2.78. The van der Waals surface area contributed by atoms with E-state index in [2.05, 4.69) is 19.9 Å². The zero-order valence-corrected chi connectivity index (χ0v) is 15.7. The highest BCUT2D eigenvalue weighted by atomic mass is 16.6. The molecule has 0 N–H and O–H groups in total. The number of carbonyl (C=O) groups excluding carboxylic acids is 2. The molecule has 138 valence electrons. The van der Waals surface area contributed by atoms with Crippen molar-refractivity contribution in [3.05, 3.63) is 23.8 Å². The van der Waals surface area contributed by atoms with E-state index in [1.54, 1.807) is 6.08 Å². The third-order valence-electron chi connectivity index (χ3n) is 9.38. The molecule has 1 aliphatic heterocycles. The molecule has 1 spiro atoms. The smallest absolute Gasteiger partial charge is 0.331 e. The Balaban J connectivity index is 1.41. The van der Waals surface area contributed by atoms with Crippen LogP contribution in [0.4, 0.5) is 0 Å². The molecule has 3 unspecified atom stereocenters. The molecular weight excluding hydrogens is 324 g/mol. The highest BCUT2D eigenvalue weighted by Crippen LogP contribution is 2.78. The van der Waals surface area contributed by atoms with Crippen molar-refractivity contribution in [1.82, 2.24) is 0 Å². The van der Waals surface area contributed by atoms with E-state index in [9.17, 15) is 9.59 Å². The molecule has 5 aliphatic carbocycles. The first kappa shape index (κ1) is 15.7. The molecule has 0 amide bonds. The molecule has 26 heavy (non-hydrogen) atoms. The van der Waals surface area contributed by atoms with Crippen LogP contribution in [0.1, 0.15) is 52.4 Å². The van der Waals surface area contributed by atoms with Crippen molar-refractivity contribution in [2.45, 2.75) is 58.0 Å². The number of hydrogen-bond acceptors (Lipinski definition) is 3. The van der Waals surface area contributed by atoms with Crippen molar-refractivity contribution in [1.29, 1.82) is 0 Å². The number of esters is 1. The minimum absolute atomic E-state index is 0.102. The van der Waals surface area contributed by atoms with E-state index in [0.29, 0.717) is 29.5 Å². The number of carbonyl (C=O) groups is 2. The molecule has 0 bridgehead atoms. The van der Waals surface area contributed by atoms with E-state index in [4.69, 9.17) is 4.74 Å².